The summed E-state index contributed by atoms with van der Waals surface area (Å²) in [6.07, 6.45) is 0. The van der Waals surface area contributed by atoms with Gasteiger partial charge in [0.1, 0.15) is 10.6 Å². The van der Waals surface area contributed by atoms with Crippen LogP contribution in [0, 0.1) is 0 Å². The lowest BCUT2D eigenvalue weighted by atomic mass is 10.3. The van der Waals surface area contributed by atoms with Crippen molar-refractivity contribution in [2.45, 2.75) is 6.54 Å². The Hall–Kier alpha value is -1.60. The summed E-state index contributed by atoms with van der Waals surface area (Å²) in [5, 5.41) is 8.98. The molecule has 0 unspecified atom stereocenters. The Kier molecular flexibility index (Phi) is 4.06. The third kappa shape index (κ3) is 3.05. The second kappa shape index (κ2) is 5.58. The van der Waals surface area contributed by atoms with Crippen molar-refractivity contribution in [2.75, 3.05) is 33.8 Å². The second-order valence-electron chi connectivity index (χ2n) is 4.43. The van der Waals surface area contributed by atoms with E-state index in [0.29, 0.717) is 25.4 Å². The molecule has 1 aromatic heterocycles. The highest BCUT2D eigenvalue weighted by Gasteiger charge is 2.23. The molecule has 0 spiro atoms. The molecule has 7 heteroatoms. The molecule has 1 N–H and O–H groups in total. The predicted octanol–water partition coefficient (Wildman–Crippen LogP) is 0.729. The van der Waals surface area contributed by atoms with Crippen LogP contribution < -0.4 is 4.74 Å². The highest BCUT2D eigenvalue weighted by atomic mass is 32.1. The van der Waals surface area contributed by atoms with E-state index >= 15 is 0 Å². The third-order valence-corrected chi connectivity index (χ3v) is 4.19. The maximum Gasteiger partial charge on any atom is 0.346 e. The molecule has 1 aromatic rings. The summed E-state index contributed by atoms with van der Waals surface area (Å²) in [5.74, 6) is -0.294. The molecule has 0 radical (unpaired) electrons. The molecule has 2 heterocycles. The molecular formula is C12H16N2O4S. The summed E-state index contributed by atoms with van der Waals surface area (Å²) < 4.78 is 5.19. The number of piperazine rings is 1. The number of rotatable bonds is 4. The Morgan fingerprint density at radius 2 is 2.26 bits per heavy atom. The molecule has 0 aromatic carbocycles. The van der Waals surface area contributed by atoms with Gasteiger partial charge in [0, 0.05) is 32.7 Å². The minimum Gasteiger partial charge on any atom is -0.496 e. The van der Waals surface area contributed by atoms with Crippen LogP contribution in [-0.4, -0.2) is 60.6 Å². The molecule has 0 bridgehead atoms. The molecule has 1 amide bonds. The van der Waals surface area contributed by atoms with Gasteiger partial charge in [-0.05, 0) is 0 Å². The Labute approximate surface area is 115 Å². The van der Waals surface area contributed by atoms with E-state index in [1.54, 1.807) is 11.9 Å². The fourth-order valence-corrected chi connectivity index (χ4v) is 2.95. The Morgan fingerprint density at radius 1 is 1.53 bits per heavy atom. The Balaban J connectivity index is 2.10. The number of likely N-dealkylation sites (N-methyl/N-ethyl adjacent to an activating group) is 1. The van der Waals surface area contributed by atoms with E-state index in [0.717, 1.165) is 11.4 Å². The van der Waals surface area contributed by atoms with E-state index < -0.39 is 5.97 Å². The van der Waals surface area contributed by atoms with Gasteiger partial charge in [-0.15, -0.1) is 11.3 Å². The summed E-state index contributed by atoms with van der Waals surface area (Å²) in [4.78, 5) is 27.4. The van der Waals surface area contributed by atoms with Gasteiger partial charge in [-0.2, -0.15) is 0 Å². The number of carbonyl (C=O) groups is 2. The van der Waals surface area contributed by atoms with E-state index in [1.165, 1.54) is 24.5 Å². The lowest BCUT2D eigenvalue weighted by Crippen LogP contribution is -2.47. The molecular weight excluding hydrogens is 268 g/mol. The van der Waals surface area contributed by atoms with Crippen LogP contribution in [0.3, 0.4) is 0 Å². The monoisotopic (exact) mass is 284 g/mol. The quantitative estimate of drug-likeness (QED) is 0.882. The summed E-state index contributed by atoms with van der Waals surface area (Å²) in [5.41, 5.74) is 0. The molecule has 1 aliphatic heterocycles. The van der Waals surface area contributed by atoms with Gasteiger partial charge in [-0.1, -0.05) is 0 Å². The highest BCUT2D eigenvalue weighted by Crippen LogP contribution is 2.30. The van der Waals surface area contributed by atoms with Gasteiger partial charge in [-0.25, -0.2) is 4.79 Å². The topological polar surface area (TPSA) is 70.1 Å². The van der Waals surface area contributed by atoms with Crippen LogP contribution in [-0.2, 0) is 11.3 Å². The van der Waals surface area contributed by atoms with Crippen LogP contribution in [0.5, 0.6) is 5.75 Å². The van der Waals surface area contributed by atoms with Gasteiger partial charge in [0.05, 0.1) is 18.5 Å². The van der Waals surface area contributed by atoms with Crippen molar-refractivity contribution >= 4 is 23.2 Å². The third-order valence-electron chi connectivity index (χ3n) is 3.10. The molecule has 104 valence electrons. The minimum absolute atomic E-state index is 0.0835. The number of thiophene rings is 1. The van der Waals surface area contributed by atoms with Gasteiger partial charge < -0.3 is 14.7 Å². The minimum atomic E-state index is -0.955. The van der Waals surface area contributed by atoms with Crippen molar-refractivity contribution in [3.8, 4) is 5.75 Å². The predicted molar refractivity (Wildman–Crippen MR) is 70.7 cm³/mol. The first-order valence-electron chi connectivity index (χ1n) is 5.87. The van der Waals surface area contributed by atoms with E-state index in [1.807, 2.05) is 4.90 Å². The first-order chi connectivity index (χ1) is 9.01. The van der Waals surface area contributed by atoms with E-state index in [2.05, 4.69) is 0 Å². The normalized spacial score (nSPS) is 16.7. The Morgan fingerprint density at radius 3 is 2.84 bits per heavy atom. The van der Waals surface area contributed by atoms with E-state index in [9.17, 15) is 9.59 Å². The van der Waals surface area contributed by atoms with Crippen LogP contribution in [0.4, 0.5) is 0 Å². The van der Waals surface area contributed by atoms with Crippen molar-refractivity contribution in [3.63, 3.8) is 0 Å². The van der Waals surface area contributed by atoms with E-state index in [4.69, 9.17) is 9.84 Å². The van der Waals surface area contributed by atoms with Crippen LogP contribution in [0.15, 0.2) is 6.07 Å². The number of hydrogen-bond donors (Lipinski definition) is 1. The van der Waals surface area contributed by atoms with E-state index in [-0.39, 0.29) is 10.8 Å². The summed E-state index contributed by atoms with van der Waals surface area (Å²) in [6.45, 7) is 2.38. The largest absolute Gasteiger partial charge is 0.496 e. The van der Waals surface area contributed by atoms with Crippen LogP contribution >= 0.6 is 11.3 Å². The number of aromatic carboxylic acids is 1. The molecule has 19 heavy (non-hydrogen) atoms. The average Bonchev–Trinajstić information content (AvgIpc) is 2.77. The summed E-state index contributed by atoms with van der Waals surface area (Å²) >= 11 is 1.20. The fraction of sp³-hybridized carbons (Fsp3) is 0.500. The Bertz CT molecular complexity index is 500. The van der Waals surface area contributed by atoms with Crippen molar-refractivity contribution in [2.24, 2.45) is 0 Å². The number of amides is 1. The lowest BCUT2D eigenvalue weighted by molar-refractivity contribution is -0.134. The smallest absolute Gasteiger partial charge is 0.346 e. The van der Waals surface area contributed by atoms with Gasteiger partial charge in [0.15, 0.2) is 0 Å². The zero-order valence-electron chi connectivity index (χ0n) is 10.9. The number of carboxylic acid groups (broad SMARTS) is 1. The van der Waals surface area contributed by atoms with Crippen molar-refractivity contribution < 1.29 is 19.4 Å². The molecule has 0 aliphatic carbocycles. The number of carbonyl (C=O) groups excluding carboxylic acids is 1. The fourth-order valence-electron chi connectivity index (χ4n) is 1.95. The maximum absolute atomic E-state index is 11.6. The molecule has 1 fully saturated rings. The number of hydrogen-bond acceptors (Lipinski definition) is 5. The number of nitrogens with zero attached hydrogens (tertiary/aromatic N) is 2. The van der Waals surface area contributed by atoms with Gasteiger partial charge >= 0.3 is 5.97 Å². The molecule has 0 saturated carbocycles. The SMILES string of the molecule is COc1cc(C(=O)O)sc1CN1CCN(C)C(=O)C1. The second-order valence-corrected chi connectivity index (χ2v) is 5.57. The van der Waals surface area contributed by atoms with Gasteiger partial charge in [0.2, 0.25) is 5.91 Å². The molecule has 2 rings (SSSR count). The van der Waals surface area contributed by atoms with Crippen LogP contribution in [0.25, 0.3) is 0 Å². The standard InChI is InChI=1S/C12H16N2O4S/c1-13-3-4-14(7-11(13)15)6-10-8(18-2)5-9(19-10)12(16)17/h5H,3-4,6-7H2,1-2H3,(H,16,17). The highest BCUT2D eigenvalue weighted by molar-refractivity contribution is 7.14. The van der Waals surface area contributed by atoms with Crippen molar-refractivity contribution in [1.29, 1.82) is 0 Å². The van der Waals surface area contributed by atoms with Crippen LogP contribution in [0.2, 0.25) is 0 Å². The van der Waals surface area contributed by atoms with Crippen molar-refractivity contribution in [1.82, 2.24) is 9.80 Å². The molecule has 1 saturated heterocycles. The summed E-state index contributed by atoms with van der Waals surface area (Å²) in [7, 11) is 3.31. The molecule has 6 nitrogen and oxygen atoms in total. The zero-order valence-corrected chi connectivity index (χ0v) is 11.7. The van der Waals surface area contributed by atoms with Gasteiger partial charge in [-0.3, -0.25) is 9.69 Å². The van der Waals surface area contributed by atoms with Crippen molar-refractivity contribution in [3.05, 3.63) is 15.8 Å². The number of ether oxygens (including phenoxy) is 1. The zero-order chi connectivity index (χ0) is 14.0. The van der Waals surface area contributed by atoms with Crippen LogP contribution in [0.1, 0.15) is 14.5 Å². The number of methoxy groups -OCH3 is 1. The maximum atomic E-state index is 11.6. The first-order valence-corrected chi connectivity index (χ1v) is 6.69. The molecule has 0 atom stereocenters. The lowest BCUT2D eigenvalue weighted by Gasteiger charge is -2.31. The summed E-state index contributed by atoms with van der Waals surface area (Å²) in [6, 6.07) is 1.53. The average molecular weight is 284 g/mol. The molecule has 1 aliphatic rings. The van der Waals surface area contributed by atoms with Gasteiger partial charge in [0.25, 0.3) is 0 Å². The first kappa shape index (κ1) is 13.8. The number of carboxylic acids is 1.